The van der Waals surface area contributed by atoms with Crippen molar-refractivity contribution in [3.63, 3.8) is 0 Å². The quantitative estimate of drug-likeness (QED) is 0.763. The lowest BCUT2D eigenvalue weighted by Crippen LogP contribution is -2.29. The van der Waals surface area contributed by atoms with E-state index in [1.165, 1.54) is 18.4 Å². The summed E-state index contributed by atoms with van der Waals surface area (Å²) in [6.07, 6.45) is 3.09. The largest absolute Gasteiger partial charge is 0.387 e. The van der Waals surface area contributed by atoms with Crippen LogP contribution in [0.2, 0.25) is 0 Å². The molecule has 0 aliphatic rings. The van der Waals surface area contributed by atoms with Gasteiger partial charge in [0.05, 0.1) is 6.10 Å². The number of aliphatic hydroxyl groups excluding tert-OH is 1. The van der Waals surface area contributed by atoms with Gasteiger partial charge in [0.15, 0.2) is 0 Å². The molecule has 0 saturated carbocycles. The van der Waals surface area contributed by atoms with Gasteiger partial charge in [0, 0.05) is 6.54 Å². The fourth-order valence-electron chi connectivity index (χ4n) is 2.09. The molecule has 2 heteroatoms. The molecule has 0 radical (unpaired) electrons. The number of aryl methyl sites for hydroxylation is 1. The topological polar surface area (TPSA) is 23.5 Å². The van der Waals surface area contributed by atoms with E-state index < -0.39 is 0 Å². The fourth-order valence-corrected chi connectivity index (χ4v) is 2.09. The molecule has 102 valence electrons. The Kier molecular flexibility index (Phi) is 6.99. The Morgan fingerprint density at radius 2 is 1.78 bits per heavy atom. The van der Waals surface area contributed by atoms with Gasteiger partial charge in [-0.15, -0.1) is 0 Å². The van der Waals surface area contributed by atoms with Crippen LogP contribution in [0.5, 0.6) is 0 Å². The first-order chi connectivity index (χ1) is 8.71. The molecule has 0 aromatic heterocycles. The van der Waals surface area contributed by atoms with Crippen molar-refractivity contribution in [2.24, 2.45) is 0 Å². The lowest BCUT2D eigenvalue weighted by atomic mass is 10.1. The van der Waals surface area contributed by atoms with E-state index in [9.17, 15) is 5.11 Å². The first-order valence-corrected chi connectivity index (χ1v) is 7.20. The van der Waals surface area contributed by atoms with E-state index in [0.717, 1.165) is 31.6 Å². The molecule has 18 heavy (non-hydrogen) atoms. The van der Waals surface area contributed by atoms with Gasteiger partial charge in [0.1, 0.15) is 0 Å². The lowest BCUT2D eigenvalue weighted by Gasteiger charge is -2.23. The molecule has 1 N–H and O–H groups in total. The van der Waals surface area contributed by atoms with E-state index in [2.05, 4.69) is 49.9 Å². The predicted octanol–water partition coefficient (Wildman–Crippen LogP) is 3.40. The Bertz CT molecular complexity index is 320. The van der Waals surface area contributed by atoms with E-state index >= 15 is 0 Å². The molecule has 1 aromatic carbocycles. The third-order valence-electron chi connectivity index (χ3n) is 3.48. The number of nitrogens with zero attached hydrogens (tertiary/aromatic N) is 1. The van der Waals surface area contributed by atoms with Crippen molar-refractivity contribution in [1.29, 1.82) is 0 Å². The van der Waals surface area contributed by atoms with Gasteiger partial charge in [-0.3, -0.25) is 0 Å². The monoisotopic (exact) mass is 249 g/mol. The van der Waals surface area contributed by atoms with Crippen LogP contribution in [-0.4, -0.2) is 29.6 Å². The SMILES string of the molecule is CCCCN(CC)CC(O)c1ccc(CC)cc1. The maximum atomic E-state index is 10.2. The third-order valence-corrected chi connectivity index (χ3v) is 3.48. The molecule has 0 fully saturated rings. The van der Waals surface area contributed by atoms with E-state index in [0.29, 0.717) is 0 Å². The van der Waals surface area contributed by atoms with E-state index in [1.807, 2.05) is 0 Å². The highest BCUT2D eigenvalue weighted by atomic mass is 16.3. The van der Waals surface area contributed by atoms with Gasteiger partial charge in [0.25, 0.3) is 0 Å². The molecule has 0 bridgehead atoms. The molecular weight excluding hydrogens is 222 g/mol. The van der Waals surface area contributed by atoms with E-state index in [-0.39, 0.29) is 6.10 Å². The second kappa shape index (κ2) is 8.28. The van der Waals surface area contributed by atoms with Crippen molar-refractivity contribution in [3.05, 3.63) is 35.4 Å². The van der Waals surface area contributed by atoms with Crippen molar-refractivity contribution < 1.29 is 5.11 Å². The number of likely N-dealkylation sites (N-methyl/N-ethyl adjacent to an activating group) is 1. The normalized spacial score (nSPS) is 12.9. The van der Waals surface area contributed by atoms with Crippen LogP contribution in [0.4, 0.5) is 0 Å². The van der Waals surface area contributed by atoms with E-state index in [4.69, 9.17) is 0 Å². The summed E-state index contributed by atoms with van der Waals surface area (Å²) in [6.45, 7) is 9.33. The minimum atomic E-state index is -0.368. The Labute approximate surface area is 112 Å². The molecule has 0 amide bonds. The fraction of sp³-hybridized carbons (Fsp3) is 0.625. The summed E-state index contributed by atoms with van der Waals surface area (Å²) in [6, 6.07) is 8.33. The Hall–Kier alpha value is -0.860. The lowest BCUT2D eigenvalue weighted by molar-refractivity contribution is 0.115. The first-order valence-electron chi connectivity index (χ1n) is 7.20. The van der Waals surface area contributed by atoms with Crippen LogP contribution in [0.1, 0.15) is 50.8 Å². The van der Waals surface area contributed by atoms with Crippen LogP contribution >= 0.6 is 0 Å². The van der Waals surface area contributed by atoms with Gasteiger partial charge in [-0.25, -0.2) is 0 Å². The molecule has 0 spiro atoms. The van der Waals surface area contributed by atoms with Crippen molar-refractivity contribution >= 4 is 0 Å². The standard InChI is InChI=1S/C16H27NO/c1-4-7-12-17(6-3)13-16(18)15-10-8-14(5-2)9-11-15/h8-11,16,18H,4-7,12-13H2,1-3H3. The van der Waals surface area contributed by atoms with Crippen LogP contribution in [0.25, 0.3) is 0 Å². The smallest absolute Gasteiger partial charge is 0.0916 e. The second-order valence-electron chi connectivity index (χ2n) is 4.86. The van der Waals surface area contributed by atoms with Gasteiger partial charge in [-0.05, 0) is 37.1 Å². The molecule has 1 atom stereocenters. The second-order valence-corrected chi connectivity index (χ2v) is 4.86. The zero-order valence-corrected chi connectivity index (χ0v) is 12.0. The first kappa shape index (κ1) is 15.2. The average molecular weight is 249 g/mol. The Morgan fingerprint density at radius 1 is 1.11 bits per heavy atom. The number of rotatable bonds is 8. The zero-order chi connectivity index (χ0) is 13.4. The minimum absolute atomic E-state index is 0.368. The number of unbranched alkanes of at least 4 members (excludes halogenated alkanes) is 1. The Balaban J connectivity index is 2.53. The zero-order valence-electron chi connectivity index (χ0n) is 12.0. The summed E-state index contributed by atoms with van der Waals surface area (Å²) >= 11 is 0. The minimum Gasteiger partial charge on any atom is -0.387 e. The summed E-state index contributed by atoms with van der Waals surface area (Å²) in [7, 11) is 0. The van der Waals surface area contributed by atoms with Crippen molar-refractivity contribution in [1.82, 2.24) is 4.90 Å². The predicted molar refractivity (Wildman–Crippen MR) is 77.8 cm³/mol. The van der Waals surface area contributed by atoms with Crippen LogP contribution < -0.4 is 0 Å². The molecule has 1 aromatic rings. The average Bonchev–Trinajstić information content (AvgIpc) is 2.43. The van der Waals surface area contributed by atoms with Gasteiger partial charge in [-0.1, -0.05) is 51.5 Å². The highest BCUT2D eigenvalue weighted by molar-refractivity contribution is 5.24. The van der Waals surface area contributed by atoms with Crippen LogP contribution in [0.3, 0.4) is 0 Å². The molecule has 0 aliphatic carbocycles. The van der Waals surface area contributed by atoms with Crippen molar-refractivity contribution in [2.45, 2.75) is 46.1 Å². The molecule has 0 heterocycles. The van der Waals surface area contributed by atoms with Crippen molar-refractivity contribution in [2.75, 3.05) is 19.6 Å². The number of hydrogen-bond acceptors (Lipinski definition) is 2. The van der Waals surface area contributed by atoms with Crippen LogP contribution in [-0.2, 0) is 6.42 Å². The van der Waals surface area contributed by atoms with Crippen LogP contribution in [0.15, 0.2) is 24.3 Å². The molecule has 0 saturated heterocycles. The molecular formula is C16H27NO. The van der Waals surface area contributed by atoms with Gasteiger partial charge >= 0.3 is 0 Å². The maximum Gasteiger partial charge on any atom is 0.0916 e. The molecule has 2 nitrogen and oxygen atoms in total. The summed E-state index contributed by atoms with van der Waals surface area (Å²) in [5, 5.41) is 10.2. The van der Waals surface area contributed by atoms with Crippen LogP contribution in [0, 0.1) is 0 Å². The maximum absolute atomic E-state index is 10.2. The van der Waals surface area contributed by atoms with Gasteiger partial charge < -0.3 is 10.0 Å². The summed E-state index contributed by atoms with van der Waals surface area (Å²) in [5.74, 6) is 0. The summed E-state index contributed by atoms with van der Waals surface area (Å²) in [4.78, 5) is 2.32. The summed E-state index contributed by atoms with van der Waals surface area (Å²) < 4.78 is 0. The van der Waals surface area contributed by atoms with E-state index in [1.54, 1.807) is 0 Å². The van der Waals surface area contributed by atoms with Gasteiger partial charge in [0.2, 0.25) is 0 Å². The van der Waals surface area contributed by atoms with Crippen molar-refractivity contribution in [3.8, 4) is 0 Å². The Morgan fingerprint density at radius 3 is 2.28 bits per heavy atom. The molecule has 0 aliphatic heterocycles. The third kappa shape index (κ3) is 4.79. The highest BCUT2D eigenvalue weighted by Crippen LogP contribution is 2.15. The summed E-state index contributed by atoms with van der Waals surface area (Å²) in [5.41, 5.74) is 2.35. The number of benzene rings is 1. The highest BCUT2D eigenvalue weighted by Gasteiger charge is 2.11. The molecule has 1 rings (SSSR count). The number of hydrogen-bond donors (Lipinski definition) is 1. The number of aliphatic hydroxyl groups is 1. The van der Waals surface area contributed by atoms with Gasteiger partial charge in [-0.2, -0.15) is 0 Å². The molecule has 1 unspecified atom stereocenters.